The first-order chi connectivity index (χ1) is 12.0. The van der Waals surface area contributed by atoms with Crippen LogP contribution in [0.1, 0.15) is 28.7 Å². The molecule has 0 saturated heterocycles. The summed E-state index contributed by atoms with van der Waals surface area (Å²) in [5, 5.41) is 15.1. The van der Waals surface area contributed by atoms with Crippen molar-refractivity contribution >= 4 is 29.1 Å². The van der Waals surface area contributed by atoms with Crippen LogP contribution in [-0.4, -0.2) is 25.9 Å². The Labute approximate surface area is 155 Å². The van der Waals surface area contributed by atoms with E-state index in [1.165, 1.54) is 0 Å². The molecule has 0 bridgehead atoms. The predicted molar refractivity (Wildman–Crippen MR) is 97.9 cm³/mol. The zero-order valence-electron chi connectivity index (χ0n) is 13.8. The molecule has 0 spiro atoms. The molecule has 0 unspecified atom stereocenters. The Kier molecular flexibility index (Phi) is 5.11. The van der Waals surface area contributed by atoms with Crippen molar-refractivity contribution in [1.82, 2.24) is 25.3 Å². The van der Waals surface area contributed by atoms with Crippen LogP contribution in [0.15, 0.2) is 30.5 Å². The highest BCUT2D eigenvalue weighted by molar-refractivity contribution is 6.36. The highest BCUT2D eigenvalue weighted by Crippen LogP contribution is 2.29. The van der Waals surface area contributed by atoms with E-state index in [1.807, 2.05) is 24.7 Å². The summed E-state index contributed by atoms with van der Waals surface area (Å²) in [6, 6.07) is 6.80. The van der Waals surface area contributed by atoms with E-state index in [0.717, 1.165) is 17.8 Å². The number of nitrogens with zero attached hydrogens (tertiary/aromatic N) is 3. The Morgan fingerprint density at radius 3 is 2.80 bits per heavy atom. The van der Waals surface area contributed by atoms with Crippen molar-refractivity contribution in [1.29, 1.82) is 0 Å². The van der Waals surface area contributed by atoms with Gasteiger partial charge in [-0.25, -0.2) is 0 Å². The van der Waals surface area contributed by atoms with Gasteiger partial charge in [0.25, 0.3) is 5.91 Å². The molecule has 3 aromatic rings. The lowest BCUT2D eigenvalue weighted by atomic mass is 10.1. The number of aromatic nitrogens is 4. The van der Waals surface area contributed by atoms with Crippen LogP contribution < -0.4 is 5.32 Å². The lowest BCUT2D eigenvalue weighted by molar-refractivity contribution is 0.0946. The first-order valence-electron chi connectivity index (χ1n) is 7.80. The topological polar surface area (TPSA) is 75.6 Å². The molecule has 2 aromatic heterocycles. The lowest BCUT2D eigenvalue weighted by Gasteiger charge is -2.02. The molecule has 0 aliphatic heterocycles. The van der Waals surface area contributed by atoms with Crippen LogP contribution in [0, 0.1) is 6.92 Å². The second-order valence-corrected chi connectivity index (χ2v) is 6.41. The zero-order chi connectivity index (χ0) is 18.0. The van der Waals surface area contributed by atoms with E-state index in [-0.39, 0.29) is 5.91 Å². The van der Waals surface area contributed by atoms with Gasteiger partial charge in [-0.15, -0.1) is 0 Å². The Bertz CT molecular complexity index is 916. The summed E-state index contributed by atoms with van der Waals surface area (Å²) in [5.41, 5.74) is 3.54. The molecular formula is C17H17Cl2N5O. The summed E-state index contributed by atoms with van der Waals surface area (Å²) >= 11 is 12.1. The Balaban J connectivity index is 1.71. The van der Waals surface area contributed by atoms with Crippen molar-refractivity contribution < 1.29 is 4.79 Å². The fraction of sp³-hybridized carbons (Fsp3) is 0.235. The standard InChI is InChI=1S/C17H17Cl2N5O/c1-3-24-9-11(10(2)23-24)8-20-17(25)16-7-15(21-22-16)13-5-4-12(18)6-14(13)19/h4-7,9H,3,8H2,1-2H3,(H,20,25)(H,21,22). The van der Waals surface area contributed by atoms with Gasteiger partial charge in [0.2, 0.25) is 0 Å². The van der Waals surface area contributed by atoms with Gasteiger partial charge in [0.1, 0.15) is 5.69 Å². The van der Waals surface area contributed by atoms with Gasteiger partial charge in [0.15, 0.2) is 0 Å². The second-order valence-electron chi connectivity index (χ2n) is 5.57. The number of carbonyl (C=O) groups excluding carboxylic acids is 1. The molecule has 1 aromatic carbocycles. The summed E-state index contributed by atoms with van der Waals surface area (Å²) in [4.78, 5) is 12.3. The molecule has 3 rings (SSSR count). The molecular weight excluding hydrogens is 361 g/mol. The minimum atomic E-state index is -0.243. The van der Waals surface area contributed by atoms with E-state index in [9.17, 15) is 4.79 Å². The highest BCUT2D eigenvalue weighted by atomic mass is 35.5. The van der Waals surface area contributed by atoms with Gasteiger partial charge in [0.05, 0.1) is 16.4 Å². The normalized spacial score (nSPS) is 10.9. The van der Waals surface area contributed by atoms with E-state index in [1.54, 1.807) is 24.3 Å². The molecule has 0 fully saturated rings. The molecule has 2 heterocycles. The van der Waals surface area contributed by atoms with Crippen LogP contribution in [0.2, 0.25) is 10.0 Å². The maximum absolute atomic E-state index is 12.3. The third-order valence-corrected chi connectivity index (χ3v) is 4.39. The van der Waals surface area contributed by atoms with Crippen LogP contribution in [0.4, 0.5) is 0 Å². The number of benzene rings is 1. The van der Waals surface area contributed by atoms with Crippen LogP contribution >= 0.6 is 23.2 Å². The lowest BCUT2D eigenvalue weighted by Crippen LogP contribution is -2.23. The van der Waals surface area contributed by atoms with Crippen molar-refractivity contribution in [3.63, 3.8) is 0 Å². The first-order valence-corrected chi connectivity index (χ1v) is 8.55. The predicted octanol–water partition coefficient (Wildman–Crippen LogP) is 3.84. The molecule has 0 aliphatic rings. The van der Waals surface area contributed by atoms with Crippen LogP contribution in [0.25, 0.3) is 11.3 Å². The van der Waals surface area contributed by atoms with E-state index in [4.69, 9.17) is 23.2 Å². The quantitative estimate of drug-likeness (QED) is 0.708. The minimum absolute atomic E-state index is 0.243. The van der Waals surface area contributed by atoms with Crippen molar-refractivity contribution in [2.75, 3.05) is 0 Å². The largest absolute Gasteiger partial charge is 0.347 e. The number of carbonyl (C=O) groups is 1. The monoisotopic (exact) mass is 377 g/mol. The molecule has 6 nitrogen and oxygen atoms in total. The fourth-order valence-corrected chi connectivity index (χ4v) is 2.94. The SMILES string of the molecule is CCn1cc(CNC(=O)c2cc(-c3ccc(Cl)cc3Cl)n[nH]2)c(C)n1. The van der Waals surface area contributed by atoms with Crippen LogP contribution in [0.3, 0.4) is 0 Å². The molecule has 8 heteroatoms. The van der Waals surface area contributed by atoms with Gasteiger partial charge >= 0.3 is 0 Å². The maximum atomic E-state index is 12.3. The summed E-state index contributed by atoms with van der Waals surface area (Å²) in [6.45, 7) is 5.13. The Hall–Kier alpha value is -2.31. The van der Waals surface area contributed by atoms with Gasteiger partial charge in [-0.2, -0.15) is 10.2 Å². The third kappa shape index (κ3) is 3.86. The summed E-state index contributed by atoms with van der Waals surface area (Å²) in [5.74, 6) is -0.243. The average molecular weight is 378 g/mol. The first kappa shape index (κ1) is 17.5. The number of nitrogens with one attached hydrogen (secondary N) is 2. The van der Waals surface area contributed by atoms with E-state index >= 15 is 0 Å². The van der Waals surface area contributed by atoms with Gasteiger partial charge in [-0.1, -0.05) is 23.2 Å². The highest BCUT2D eigenvalue weighted by Gasteiger charge is 2.14. The summed E-state index contributed by atoms with van der Waals surface area (Å²) in [7, 11) is 0. The maximum Gasteiger partial charge on any atom is 0.269 e. The smallest absolute Gasteiger partial charge is 0.269 e. The van der Waals surface area contributed by atoms with E-state index in [0.29, 0.717) is 33.5 Å². The number of amides is 1. The Morgan fingerprint density at radius 2 is 2.12 bits per heavy atom. The molecule has 0 atom stereocenters. The third-order valence-electron chi connectivity index (χ3n) is 3.84. The minimum Gasteiger partial charge on any atom is -0.347 e. The number of hydrogen-bond acceptors (Lipinski definition) is 3. The van der Waals surface area contributed by atoms with Crippen molar-refractivity contribution in [3.05, 3.63) is 57.5 Å². The molecule has 130 valence electrons. The molecule has 2 N–H and O–H groups in total. The summed E-state index contributed by atoms with van der Waals surface area (Å²) < 4.78 is 1.84. The number of halogens is 2. The number of H-pyrrole nitrogens is 1. The average Bonchev–Trinajstić information content (AvgIpc) is 3.19. The Morgan fingerprint density at radius 1 is 1.32 bits per heavy atom. The van der Waals surface area contributed by atoms with Crippen LogP contribution in [0.5, 0.6) is 0 Å². The molecule has 25 heavy (non-hydrogen) atoms. The van der Waals surface area contributed by atoms with Gasteiger partial charge in [-0.05, 0) is 38.1 Å². The fourth-order valence-electron chi connectivity index (χ4n) is 2.44. The number of aromatic amines is 1. The van der Waals surface area contributed by atoms with Gasteiger partial charge in [-0.3, -0.25) is 14.6 Å². The second kappa shape index (κ2) is 7.29. The van der Waals surface area contributed by atoms with Crippen molar-refractivity contribution in [2.45, 2.75) is 26.9 Å². The number of hydrogen-bond donors (Lipinski definition) is 2. The van der Waals surface area contributed by atoms with Crippen molar-refractivity contribution in [2.24, 2.45) is 0 Å². The molecule has 0 saturated carbocycles. The summed E-state index contributed by atoms with van der Waals surface area (Å²) in [6.07, 6.45) is 1.93. The van der Waals surface area contributed by atoms with E-state index < -0.39 is 0 Å². The molecule has 0 aliphatic carbocycles. The van der Waals surface area contributed by atoms with Gasteiger partial charge < -0.3 is 5.32 Å². The van der Waals surface area contributed by atoms with Crippen LogP contribution in [-0.2, 0) is 13.1 Å². The zero-order valence-corrected chi connectivity index (χ0v) is 15.3. The van der Waals surface area contributed by atoms with E-state index in [2.05, 4.69) is 20.6 Å². The molecule has 1 amide bonds. The van der Waals surface area contributed by atoms with Gasteiger partial charge in [0, 0.05) is 35.4 Å². The number of aryl methyl sites for hydroxylation is 2. The van der Waals surface area contributed by atoms with Crippen molar-refractivity contribution in [3.8, 4) is 11.3 Å². The molecule has 0 radical (unpaired) electrons. The number of rotatable bonds is 5.